The highest BCUT2D eigenvalue weighted by Crippen LogP contribution is 2.26. The summed E-state index contributed by atoms with van der Waals surface area (Å²) in [5, 5.41) is 6.48. The van der Waals surface area contributed by atoms with E-state index in [1.54, 1.807) is 0 Å². The van der Waals surface area contributed by atoms with Gasteiger partial charge in [0.2, 0.25) is 5.91 Å². The number of amides is 1. The number of fused-ring (bicyclic) bond motifs is 1. The van der Waals surface area contributed by atoms with E-state index in [4.69, 9.17) is 4.74 Å². The molecule has 2 heterocycles. The van der Waals surface area contributed by atoms with E-state index in [1.165, 1.54) is 23.2 Å². The molecule has 0 aliphatic carbocycles. The van der Waals surface area contributed by atoms with Crippen molar-refractivity contribution in [3.05, 3.63) is 29.3 Å². The van der Waals surface area contributed by atoms with E-state index in [-0.39, 0.29) is 12.0 Å². The summed E-state index contributed by atoms with van der Waals surface area (Å²) in [6.07, 6.45) is 4.85. The molecular weight excluding hydrogens is 252 g/mol. The Labute approximate surface area is 119 Å². The lowest BCUT2D eigenvalue weighted by molar-refractivity contribution is -0.129. The molecule has 0 bridgehead atoms. The molecular formula is C16H22N2O2. The summed E-state index contributed by atoms with van der Waals surface area (Å²) in [5.41, 5.74) is 3.99. The second-order valence-electron chi connectivity index (χ2n) is 5.52. The van der Waals surface area contributed by atoms with Gasteiger partial charge in [-0.25, -0.2) is 0 Å². The van der Waals surface area contributed by atoms with E-state index in [0.29, 0.717) is 13.2 Å². The number of ether oxygens (including phenoxy) is 1. The highest BCUT2D eigenvalue weighted by atomic mass is 16.5. The Morgan fingerprint density at radius 1 is 1.40 bits per heavy atom. The van der Waals surface area contributed by atoms with Gasteiger partial charge in [-0.3, -0.25) is 4.79 Å². The van der Waals surface area contributed by atoms with Crippen LogP contribution in [0, 0.1) is 0 Å². The summed E-state index contributed by atoms with van der Waals surface area (Å²) >= 11 is 0. The van der Waals surface area contributed by atoms with Crippen molar-refractivity contribution in [3.8, 4) is 0 Å². The van der Waals surface area contributed by atoms with E-state index in [9.17, 15) is 4.79 Å². The fourth-order valence-corrected chi connectivity index (χ4v) is 3.01. The minimum absolute atomic E-state index is 0.0419. The topological polar surface area (TPSA) is 50.4 Å². The SMILES string of the molecule is O=C(NCCc1cccc2c1NCCC2)C1CCCO1. The van der Waals surface area contributed by atoms with Crippen LogP contribution in [-0.2, 0) is 22.4 Å². The Kier molecular flexibility index (Phi) is 4.21. The zero-order valence-electron chi connectivity index (χ0n) is 11.8. The van der Waals surface area contributed by atoms with Gasteiger partial charge in [0, 0.05) is 25.4 Å². The molecule has 1 fully saturated rings. The predicted octanol–water partition coefficient (Wildman–Crippen LogP) is 1.88. The van der Waals surface area contributed by atoms with Crippen LogP contribution in [0.25, 0.3) is 0 Å². The molecule has 0 saturated carbocycles. The van der Waals surface area contributed by atoms with Crippen LogP contribution in [0.1, 0.15) is 30.4 Å². The number of benzene rings is 1. The first-order valence-electron chi connectivity index (χ1n) is 7.58. The first kappa shape index (κ1) is 13.4. The van der Waals surface area contributed by atoms with Gasteiger partial charge in [-0.15, -0.1) is 0 Å². The molecule has 0 aromatic heterocycles. The van der Waals surface area contributed by atoms with E-state index in [0.717, 1.165) is 32.2 Å². The lowest BCUT2D eigenvalue weighted by Gasteiger charge is -2.21. The minimum atomic E-state index is -0.224. The van der Waals surface area contributed by atoms with Crippen LogP contribution in [0.15, 0.2) is 18.2 Å². The van der Waals surface area contributed by atoms with Crippen molar-refractivity contribution >= 4 is 11.6 Å². The van der Waals surface area contributed by atoms with Crippen LogP contribution >= 0.6 is 0 Å². The fourth-order valence-electron chi connectivity index (χ4n) is 3.01. The third-order valence-corrected chi connectivity index (χ3v) is 4.08. The summed E-state index contributed by atoms with van der Waals surface area (Å²) in [6.45, 7) is 2.44. The van der Waals surface area contributed by atoms with E-state index in [2.05, 4.69) is 28.8 Å². The number of carbonyl (C=O) groups is 1. The number of anilines is 1. The maximum Gasteiger partial charge on any atom is 0.249 e. The van der Waals surface area contributed by atoms with Gasteiger partial charge in [-0.2, -0.15) is 0 Å². The maximum absolute atomic E-state index is 11.9. The van der Waals surface area contributed by atoms with Crippen LogP contribution in [-0.4, -0.2) is 31.7 Å². The molecule has 0 spiro atoms. The third-order valence-electron chi connectivity index (χ3n) is 4.08. The smallest absolute Gasteiger partial charge is 0.249 e. The number of nitrogens with one attached hydrogen (secondary N) is 2. The van der Waals surface area contributed by atoms with Crippen molar-refractivity contribution in [2.75, 3.05) is 25.0 Å². The Hall–Kier alpha value is -1.55. The Balaban J connectivity index is 1.54. The second kappa shape index (κ2) is 6.27. The second-order valence-corrected chi connectivity index (χ2v) is 5.52. The van der Waals surface area contributed by atoms with Gasteiger partial charge in [-0.05, 0) is 43.2 Å². The molecule has 3 rings (SSSR count). The largest absolute Gasteiger partial charge is 0.385 e. The molecule has 4 nitrogen and oxygen atoms in total. The zero-order chi connectivity index (χ0) is 13.8. The van der Waals surface area contributed by atoms with Crippen LogP contribution in [0.4, 0.5) is 5.69 Å². The van der Waals surface area contributed by atoms with Gasteiger partial charge in [0.05, 0.1) is 0 Å². The molecule has 20 heavy (non-hydrogen) atoms. The molecule has 1 saturated heterocycles. The molecule has 0 radical (unpaired) electrons. The van der Waals surface area contributed by atoms with E-state index in [1.807, 2.05) is 0 Å². The van der Waals surface area contributed by atoms with Gasteiger partial charge in [0.15, 0.2) is 0 Å². The van der Waals surface area contributed by atoms with Crippen LogP contribution in [0.5, 0.6) is 0 Å². The van der Waals surface area contributed by atoms with Crippen LogP contribution in [0.2, 0.25) is 0 Å². The Morgan fingerprint density at radius 2 is 2.35 bits per heavy atom. The maximum atomic E-state index is 11.9. The van der Waals surface area contributed by atoms with E-state index >= 15 is 0 Å². The molecule has 108 valence electrons. The lowest BCUT2D eigenvalue weighted by Crippen LogP contribution is -2.35. The first-order chi connectivity index (χ1) is 9.84. The summed E-state index contributed by atoms with van der Waals surface area (Å²) in [7, 11) is 0. The molecule has 1 atom stereocenters. The molecule has 1 aromatic carbocycles. The van der Waals surface area contributed by atoms with Crippen molar-refractivity contribution in [3.63, 3.8) is 0 Å². The number of rotatable bonds is 4. The van der Waals surface area contributed by atoms with Crippen molar-refractivity contribution in [2.24, 2.45) is 0 Å². The third kappa shape index (κ3) is 2.96. The van der Waals surface area contributed by atoms with Gasteiger partial charge >= 0.3 is 0 Å². The quantitative estimate of drug-likeness (QED) is 0.881. The summed E-state index contributed by atoms with van der Waals surface area (Å²) in [6, 6.07) is 6.45. The monoisotopic (exact) mass is 274 g/mol. The number of para-hydroxylation sites is 1. The Bertz CT molecular complexity index is 481. The average molecular weight is 274 g/mol. The van der Waals surface area contributed by atoms with Crippen molar-refractivity contribution in [2.45, 2.75) is 38.2 Å². The highest BCUT2D eigenvalue weighted by molar-refractivity contribution is 5.81. The Morgan fingerprint density at radius 3 is 3.20 bits per heavy atom. The van der Waals surface area contributed by atoms with Crippen molar-refractivity contribution in [1.29, 1.82) is 0 Å². The highest BCUT2D eigenvalue weighted by Gasteiger charge is 2.23. The fraction of sp³-hybridized carbons (Fsp3) is 0.562. The van der Waals surface area contributed by atoms with E-state index < -0.39 is 0 Å². The molecule has 1 amide bonds. The number of carbonyl (C=O) groups excluding carboxylic acids is 1. The zero-order valence-corrected chi connectivity index (χ0v) is 11.8. The molecule has 2 N–H and O–H groups in total. The molecule has 1 unspecified atom stereocenters. The summed E-state index contributed by atoms with van der Waals surface area (Å²) in [5.74, 6) is 0.0419. The first-order valence-corrected chi connectivity index (χ1v) is 7.58. The van der Waals surface area contributed by atoms with Gasteiger partial charge in [0.1, 0.15) is 6.10 Å². The lowest BCUT2D eigenvalue weighted by atomic mass is 9.98. The molecule has 2 aliphatic rings. The number of aryl methyl sites for hydroxylation is 1. The standard InChI is InChI=1S/C16H22N2O2/c19-16(14-7-3-11-20-14)18-10-8-13-5-1-4-12-6-2-9-17-15(12)13/h1,4-5,14,17H,2-3,6-11H2,(H,18,19). The minimum Gasteiger partial charge on any atom is -0.385 e. The van der Waals surface area contributed by atoms with Crippen LogP contribution < -0.4 is 10.6 Å². The average Bonchev–Trinajstić information content (AvgIpc) is 3.02. The number of hydrogen-bond donors (Lipinski definition) is 2. The van der Waals surface area contributed by atoms with Crippen LogP contribution in [0.3, 0.4) is 0 Å². The van der Waals surface area contributed by atoms with Crippen molar-refractivity contribution < 1.29 is 9.53 Å². The molecule has 1 aromatic rings. The molecule has 4 heteroatoms. The van der Waals surface area contributed by atoms with Gasteiger partial charge < -0.3 is 15.4 Å². The van der Waals surface area contributed by atoms with Gasteiger partial charge in [0.25, 0.3) is 0 Å². The normalized spacial score (nSPS) is 21.1. The van der Waals surface area contributed by atoms with Gasteiger partial charge in [-0.1, -0.05) is 18.2 Å². The number of hydrogen-bond acceptors (Lipinski definition) is 3. The molecule has 2 aliphatic heterocycles. The summed E-state index contributed by atoms with van der Waals surface area (Å²) < 4.78 is 5.38. The predicted molar refractivity (Wildman–Crippen MR) is 78.9 cm³/mol. The van der Waals surface area contributed by atoms with Crippen molar-refractivity contribution in [1.82, 2.24) is 5.32 Å². The summed E-state index contributed by atoms with van der Waals surface area (Å²) in [4.78, 5) is 11.9.